The molecule has 0 saturated heterocycles. The zero-order valence-electron chi connectivity index (χ0n) is 15.1. The van der Waals surface area contributed by atoms with Gasteiger partial charge in [-0.15, -0.1) is 12.4 Å². The number of aromatic nitrogens is 2. The van der Waals surface area contributed by atoms with Gasteiger partial charge in [-0.3, -0.25) is 0 Å². The van der Waals surface area contributed by atoms with E-state index in [0.717, 1.165) is 22.3 Å². The second kappa shape index (κ2) is 9.15. The first kappa shape index (κ1) is 19.6. The van der Waals surface area contributed by atoms with Gasteiger partial charge in [-0.05, 0) is 35.4 Å². The van der Waals surface area contributed by atoms with Crippen LogP contribution in [-0.2, 0) is 13.1 Å². The number of fused-ring (bicyclic) bond motifs is 1. The molecule has 4 nitrogen and oxygen atoms in total. The van der Waals surface area contributed by atoms with Crippen molar-refractivity contribution >= 4 is 35.1 Å². The number of benzene rings is 3. The van der Waals surface area contributed by atoms with Crippen molar-refractivity contribution in [3.8, 4) is 0 Å². The van der Waals surface area contributed by atoms with Crippen molar-refractivity contribution < 1.29 is 4.39 Å². The lowest BCUT2D eigenvalue weighted by molar-refractivity contribution is 0.627. The molecule has 0 bridgehead atoms. The van der Waals surface area contributed by atoms with Crippen LogP contribution in [0.4, 0.5) is 16.2 Å². The number of hydrogen-bond acceptors (Lipinski definition) is 4. The summed E-state index contributed by atoms with van der Waals surface area (Å²) in [5, 5.41) is 7.61. The molecule has 0 unspecified atom stereocenters. The van der Waals surface area contributed by atoms with Gasteiger partial charge in [0, 0.05) is 18.5 Å². The van der Waals surface area contributed by atoms with Gasteiger partial charge in [0.05, 0.1) is 5.52 Å². The van der Waals surface area contributed by atoms with Gasteiger partial charge in [-0.2, -0.15) is 4.98 Å². The maximum Gasteiger partial charge on any atom is 0.225 e. The van der Waals surface area contributed by atoms with E-state index in [-0.39, 0.29) is 18.2 Å². The Bertz CT molecular complexity index is 1040. The first-order valence-corrected chi connectivity index (χ1v) is 8.81. The zero-order valence-corrected chi connectivity index (χ0v) is 15.9. The number of anilines is 2. The minimum Gasteiger partial charge on any atom is -0.365 e. The van der Waals surface area contributed by atoms with Crippen LogP contribution in [0.2, 0.25) is 0 Å². The second-order valence-corrected chi connectivity index (χ2v) is 6.23. The molecule has 0 saturated carbocycles. The molecule has 0 aliphatic rings. The Morgan fingerprint density at radius 3 is 2.11 bits per heavy atom. The first-order chi connectivity index (χ1) is 13.3. The minimum atomic E-state index is -0.242. The Morgan fingerprint density at radius 1 is 0.679 bits per heavy atom. The van der Waals surface area contributed by atoms with Gasteiger partial charge in [-0.25, -0.2) is 9.37 Å². The van der Waals surface area contributed by atoms with E-state index in [1.165, 1.54) is 17.7 Å². The molecule has 0 radical (unpaired) electrons. The lowest BCUT2D eigenvalue weighted by atomic mass is 10.2. The van der Waals surface area contributed by atoms with Crippen molar-refractivity contribution in [2.24, 2.45) is 0 Å². The summed E-state index contributed by atoms with van der Waals surface area (Å²) in [4.78, 5) is 9.23. The monoisotopic (exact) mass is 394 g/mol. The average Bonchev–Trinajstić information content (AvgIpc) is 2.72. The molecular formula is C22H20ClFN4. The molecule has 142 valence electrons. The Balaban J connectivity index is 0.00000225. The van der Waals surface area contributed by atoms with Crippen LogP contribution in [-0.4, -0.2) is 9.97 Å². The summed E-state index contributed by atoms with van der Waals surface area (Å²) in [5.41, 5.74) is 3.01. The SMILES string of the molecule is Cl.Fc1ccc(CNc2nc(NCc3ccccc3)c3ccccc3n2)cc1. The van der Waals surface area contributed by atoms with Crippen molar-refractivity contribution in [1.82, 2.24) is 9.97 Å². The van der Waals surface area contributed by atoms with Crippen LogP contribution in [0, 0.1) is 5.82 Å². The summed E-state index contributed by atoms with van der Waals surface area (Å²) in [5.74, 6) is 1.08. The van der Waals surface area contributed by atoms with Crippen molar-refractivity contribution in [2.45, 2.75) is 13.1 Å². The van der Waals surface area contributed by atoms with E-state index in [1.54, 1.807) is 12.1 Å². The third kappa shape index (κ3) is 4.75. The predicted octanol–water partition coefficient (Wildman–Crippen LogP) is 5.41. The molecule has 6 heteroatoms. The summed E-state index contributed by atoms with van der Waals surface area (Å²) in [6, 6.07) is 24.5. The zero-order chi connectivity index (χ0) is 18.5. The number of halogens is 2. The molecule has 1 aromatic heterocycles. The van der Waals surface area contributed by atoms with E-state index in [4.69, 9.17) is 0 Å². The quantitative estimate of drug-likeness (QED) is 0.458. The summed E-state index contributed by atoms with van der Waals surface area (Å²) < 4.78 is 13.0. The summed E-state index contributed by atoms with van der Waals surface area (Å²) >= 11 is 0. The fraction of sp³-hybridized carbons (Fsp3) is 0.0909. The van der Waals surface area contributed by atoms with E-state index in [1.807, 2.05) is 42.5 Å². The minimum absolute atomic E-state index is 0. The number of hydrogen-bond donors (Lipinski definition) is 2. The number of nitrogens with zero attached hydrogens (tertiary/aromatic N) is 2. The highest BCUT2D eigenvalue weighted by atomic mass is 35.5. The van der Waals surface area contributed by atoms with Crippen molar-refractivity contribution in [3.05, 3.63) is 95.8 Å². The Kier molecular flexibility index (Phi) is 6.40. The van der Waals surface area contributed by atoms with E-state index in [2.05, 4.69) is 32.7 Å². The fourth-order valence-electron chi connectivity index (χ4n) is 2.86. The lowest BCUT2D eigenvalue weighted by Gasteiger charge is -2.12. The maximum atomic E-state index is 13.0. The summed E-state index contributed by atoms with van der Waals surface area (Å²) in [6.45, 7) is 1.20. The topological polar surface area (TPSA) is 49.8 Å². The smallest absolute Gasteiger partial charge is 0.225 e. The number of rotatable bonds is 6. The van der Waals surface area contributed by atoms with Gasteiger partial charge >= 0.3 is 0 Å². The van der Waals surface area contributed by atoms with Gasteiger partial charge in [0.1, 0.15) is 11.6 Å². The van der Waals surface area contributed by atoms with Gasteiger partial charge in [-0.1, -0.05) is 54.6 Å². The third-order valence-corrected chi connectivity index (χ3v) is 4.27. The fourth-order valence-corrected chi connectivity index (χ4v) is 2.86. The molecule has 0 aliphatic heterocycles. The molecule has 3 aromatic carbocycles. The molecule has 4 aromatic rings. The number of nitrogens with one attached hydrogen (secondary N) is 2. The molecule has 2 N–H and O–H groups in total. The van der Waals surface area contributed by atoms with Gasteiger partial charge in [0.15, 0.2) is 0 Å². The van der Waals surface area contributed by atoms with Crippen LogP contribution in [0.1, 0.15) is 11.1 Å². The Morgan fingerprint density at radius 2 is 1.32 bits per heavy atom. The maximum absolute atomic E-state index is 13.0. The van der Waals surface area contributed by atoms with Gasteiger partial charge < -0.3 is 10.6 Å². The summed E-state index contributed by atoms with van der Waals surface area (Å²) in [7, 11) is 0. The van der Waals surface area contributed by atoms with Crippen molar-refractivity contribution in [3.63, 3.8) is 0 Å². The molecular weight excluding hydrogens is 375 g/mol. The van der Waals surface area contributed by atoms with Gasteiger partial charge in [0.2, 0.25) is 5.95 Å². The molecule has 0 atom stereocenters. The van der Waals surface area contributed by atoms with E-state index in [0.29, 0.717) is 19.0 Å². The summed E-state index contributed by atoms with van der Waals surface area (Å²) in [6.07, 6.45) is 0. The normalized spacial score (nSPS) is 10.3. The van der Waals surface area contributed by atoms with Crippen molar-refractivity contribution in [1.29, 1.82) is 0 Å². The molecule has 0 amide bonds. The van der Waals surface area contributed by atoms with E-state index < -0.39 is 0 Å². The highest BCUT2D eigenvalue weighted by Gasteiger charge is 2.07. The Labute approximate surface area is 169 Å². The molecule has 0 spiro atoms. The Hall–Kier alpha value is -3.18. The van der Waals surface area contributed by atoms with Crippen LogP contribution in [0.25, 0.3) is 10.9 Å². The van der Waals surface area contributed by atoms with Crippen molar-refractivity contribution in [2.75, 3.05) is 10.6 Å². The molecule has 28 heavy (non-hydrogen) atoms. The number of para-hydroxylation sites is 1. The average molecular weight is 395 g/mol. The van der Waals surface area contributed by atoms with E-state index in [9.17, 15) is 4.39 Å². The molecule has 0 fully saturated rings. The molecule has 1 heterocycles. The van der Waals surface area contributed by atoms with Crippen LogP contribution < -0.4 is 10.6 Å². The van der Waals surface area contributed by atoms with Gasteiger partial charge in [0.25, 0.3) is 0 Å². The first-order valence-electron chi connectivity index (χ1n) is 8.81. The molecule has 4 rings (SSSR count). The predicted molar refractivity (Wildman–Crippen MR) is 114 cm³/mol. The largest absolute Gasteiger partial charge is 0.365 e. The van der Waals surface area contributed by atoms with Crippen LogP contribution in [0.3, 0.4) is 0 Å². The highest BCUT2D eigenvalue weighted by molar-refractivity contribution is 5.90. The second-order valence-electron chi connectivity index (χ2n) is 6.23. The van der Waals surface area contributed by atoms with Crippen LogP contribution >= 0.6 is 12.4 Å². The molecule has 0 aliphatic carbocycles. The van der Waals surface area contributed by atoms with E-state index >= 15 is 0 Å². The van der Waals surface area contributed by atoms with Crippen LogP contribution in [0.15, 0.2) is 78.9 Å². The standard InChI is InChI=1S/C22H19FN4.ClH/c23-18-12-10-17(11-13-18)15-25-22-26-20-9-5-4-8-19(20)21(27-22)24-14-16-6-2-1-3-7-16;/h1-13H,14-15H2,(H2,24,25,26,27);1H. The van der Waals surface area contributed by atoms with Crippen LogP contribution in [0.5, 0.6) is 0 Å². The third-order valence-electron chi connectivity index (χ3n) is 4.27. The highest BCUT2D eigenvalue weighted by Crippen LogP contribution is 2.22. The lowest BCUT2D eigenvalue weighted by Crippen LogP contribution is -2.08.